The molecule has 0 saturated carbocycles. The first kappa shape index (κ1) is 11.8. The zero-order valence-corrected chi connectivity index (χ0v) is 10.2. The van der Waals surface area contributed by atoms with Gasteiger partial charge in [0.1, 0.15) is 5.75 Å². The number of ether oxygens (including phenoxy) is 2. The van der Waals surface area contributed by atoms with Crippen molar-refractivity contribution in [2.75, 3.05) is 25.2 Å². The summed E-state index contributed by atoms with van der Waals surface area (Å²) >= 11 is 0. The molecular weight excluding hydrogens is 218 g/mol. The summed E-state index contributed by atoms with van der Waals surface area (Å²) in [5.41, 5.74) is 2.08. The molecule has 0 saturated heterocycles. The molecule has 0 aromatic heterocycles. The summed E-state index contributed by atoms with van der Waals surface area (Å²) in [5.74, 6) is 0.764. The zero-order valence-electron chi connectivity index (χ0n) is 10.2. The van der Waals surface area contributed by atoms with E-state index < -0.39 is 0 Å². The molecule has 0 atom stereocenters. The second-order valence-electron chi connectivity index (χ2n) is 3.95. The molecule has 0 N–H and O–H groups in total. The summed E-state index contributed by atoms with van der Waals surface area (Å²) in [6.07, 6.45) is 1.69. The smallest absolute Gasteiger partial charge is 0.414 e. The first-order valence-corrected chi connectivity index (χ1v) is 5.87. The maximum Gasteiger partial charge on any atom is 0.414 e. The molecule has 1 aliphatic heterocycles. The second-order valence-corrected chi connectivity index (χ2v) is 3.95. The number of anilines is 1. The number of hydrogen-bond donors (Lipinski definition) is 0. The molecule has 2 rings (SSSR count). The molecule has 4 nitrogen and oxygen atoms in total. The Balaban J connectivity index is 2.31. The van der Waals surface area contributed by atoms with Crippen LogP contribution in [0.15, 0.2) is 18.2 Å². The van der Waals surface area contributed by atoms with Gasteiger partial charge in [-0.3, -0.25) is 4.90 Å². The topological polar surface area (TPSA) is 38.8 Å². The fourth-order valence-corrected chi connectivity index (χ4v) is 2.07. The minimum Gasteiger partial charge on any atom is -0.497 e. The van der Waals surface area contributed by atoms with Gasteiger partial charge in [-0.1, -0.05) is 6.07 Å². The second kappa shape index (κ2) is 5.08. The lowest BCUT2D eigenvalue weighted by molar-refractivity contribution is 0.159. The quantitative estimate of drug-likeness (QED) is 0.791. The summed E-state index contributed by atoms with van der Waals surface area (Å²) in [5, 5.41) is 0. The number of fused-ring (bicyclic) bond motifs is 1. The number of rotatable bonds is 2. The van der Waals surface area contributed by atoms with Gasteiger partial charge >= 0.3 is 6.09 Å². The van der Waals surface area contributed by atoms with E-state index in [9.17, 15) is 4.79 Å². The lowest BCUT2D eigenvalue weighted by Crippen LogP contribution is -2.35. The molecule has 0 aliphatic carbocycles. The molecule has 0 spiro atoms. The zero-order chi connectivity index (χ0) is 12.3. The maximum atomic E-state index is 11.8. The lowest BCUT2D eigenvalue weighted by Gasteiger charge is -2.28. The normalized spacial score (nSPS) is 14.1. The van der Waals surface area contributed by atoms with Crippen molar-refractivity contribution in [1.29, 1.82) is 0 Å². The standard InChI is InChI=1S/C13H17NO3/c1-3-17-13(15)14-8-4-5-10-6-7-11(16-2)9-12(10)14/h6-7,9H,3-5,8H2,1-2H3. The Morgan fingerprint density at radius 1 is 1.47 bits per heavy atom. The van der Waals surface area contributed by atoms with E-state index in [1.165, 1.54) is 5.56 Å². The molecule has 1 aromatic carbocycles. The van der Waals surface area contributed by atoms with Crippen molar-refractivity contribution in [3.63, 3.8) is 0 Å². The third kappa shape index (κ3) is 2.35. The average Bonchev–Trinajstić information content (AvgIpc) is 2.37. The van der Waals surface area contributed by atoms with Gasteiger partial charge in [0.15, 0.2) is 0 Å². The number of aryl methyl sites for hydroxylation is 1. The van der Waals surface area contributed by atoms with Gasteiger partial charge in [0, 0.05) is 12.6 Å². The first-order valence-electron chi connectivity index (χ1n) is 5.87. The molecule has 92 valence electrons. The molecular formula is C13H17NO3. The van der Waals surface area contributed by atoms with Crippen molar-refractivity contribution in [2.24, 2.45) is 0 Å². The molecule has 0 radical (unpaired) electrons. The van der Waals surface area contributed by atoms with Crippen molar-refractivity contribution >= 4 is 11.8 Å². The number of carbonyl (C=O) groups is 1. The molecule has 1 amide bonds. The minimum atomic E-state index is -0.276. The third-order valence-corrected chi connectivity index (χ3v) is 2.90. The predicted molar refractivity (Wildman–Crippen MR) is 65.7 cm³/mol. The van der Waals surface area contributed by atoms with E-state index in [0.29, 0.717) is 13.2 Å². The fraction of sp³-hybridized carbons (Fsp3) is 0.462. The monoisotopic (exact) mass is 235 g/mol. The Bertz CT molecular complexity index is 417. The van der Waals surface area contributed by atoms with Crippen LogP contribution in [0.2, 0.25) is 0 Å². The Labute approximate surface area is 101 Å². The third-order valence-electron chi connectivity index (χ3n) is 2.90. The molecule has 4 heteroatoms. The molecule has 0 fully saturated rings. The van der Waals surface area contributed by atoms with Crippen molar-refractivity contribution in [3.05, 3.63) is 23.8 Å². The van der Waals surface area contributed by atoms with Crippen LogP contribution in [0.5, 0.6) is 5.75 Å². The van der Waals surface area contributed by atoms with Gasteiger partial charge in [-0.25, -0.2) is 4.79 Å². The summed E-state index contributed by atoms with van der Waals surface area (Å²) in [6, 6.07) is 5.83. The molecule has 0 bridgehead atoms. The summed E-state index contributed by atoms with van der Waals surface area (Å²) in [4.78, 5) is 13.5. The Morgan fingerprint density at radius 3 is 3.00 bits per heavy atom. The van der Waals surface area contributed by atoms with E-state index >= 15 is 0 Å². The summed E-state index contributed by atoms with van der Waals surface area (Å²) < 4.78 is 10.2. The van der Waals surface area contributed by atoms with Crippen LogP contribution in [0.1, 0.15) is 18.9 Å². The van der Waals surface area contributed by atoms with Gasteiger partial charge in [-0.2, -0.15) is 0 Å². The van der Waals surface area contributed by atoms with E-state index in [1.807, 2.05) is 25.1 Å². The largest absolute Gasteiger partial charge is 0.497 e. The van der Waals surface area contributed by atoms with E-state index in [0.717, 1.165) is 24.3 Å². The average molecular weight is 235 g/mol. The van der Waals surface area contributed by atoms with Crippen LogP contribution in [-0.2, 0) is 11.2 Å². The van der Waals surface area contributed by atoms with Crippen molar-refractivity contribution < 1.29 is 14.3 Å². The predicted octanol–water partition coefficient (Wildman–Crippen LogP) is 2.60. The molecule has 0 unspecified atom stereocenters. The van der Waals surface area contributed by atoms with Gasteiger partial charge in [-0.05, 0) is 31.4 Å². The SMILES string of the molecule is CCOC(=O)N1CCCc2ccc(OC)cc21. The van der Waals surface area contributed by atoms with Crippen LogP contribution in [0.25, 0.3) is 0 Å². The van der Waals surface area contributed by atoms with Crippen LogP contribution in [0.3, 0.4) is 0 Å². The molecule has 17 heavy (non-hydrogen) atoms. The van der Waals surface area contributed by atoms with E-state index in [1.54, 1.807) is 12.0 Å². The number of nitrogens with zero attached hydrogens (tertiary/aromatic N) is 1. The number of carbonyl (C=O) groups excluding carboxylic acids is 1. The Morgan fingerprint density at radius 2 is 2.29 bits per heavy atom. The van der Waals surface area contributed by atoms with Crippen molar-refractivity contribution in [2.45, 2.75) is 19.8 Å². The Kier molecular flexibility index (Phi) is 3.52. The number of amides is 1. The highest BCUT2D eigenvalue weighted by atomic mass is 16.6. The number of benzene rings is 1. The van der Waals surface area contributed by atoms with E-state index in [4.69, 9.17) is 9.47 Å². The molecule has 1 aliphatic rings. The number of methoxy groups -OCH3 is 1. The molecule has 1 heterocycles. The van der Waals surface area contributed by atoms with Gasteiger partial charge < -0.3 is 9.47 Å². The summed E-state index contributed by atoms with van der Waals surface area (Å²) in [7, 11) is 1.62. The maximum absolute atomic E-state index is 11.8. The lowest BCUT2D eigenvalue weighted by atomic mass is 10.0. The van der Waals surface area contributed by atoms with Crippen LogP contribution in [0.4, 0.5) is 10.5 Å². The van der Waals surface area contributed by atoms with Crippen LogP contribution in [-0.4, -0.2) is 26.4 Å². The number of hydrogen-bond acceptors (Lipinski definition) is 3. The fourth-order valence-electron chi connectivity index (χ4n) is 2.07. The first-order chi connectivity index (χ1) is 8.26. The van der Waals surface area contributed by atoms with E-state index in [2.05, 4.69) is 0 Å². The molecule has 1 aromatic rings. The van der Waals surface area contributed by atoms with Gasteiger partial charge in [0.05, 0.1) is 19.4 Å². The van der Waals surface area contributed by atoms with E-state index in [-0.39, 0.29) is 6.09 Å². The van der Waals surface area contributed by atoms with Crippen LogP contribution < -0.4 is 9.64 Å². The highest BCUT2D eigenvalue weighted by Gasteiger charge is 2.23. The van der Waals surface area contributed by atoms with Crippen LogP contribution in [0, 0.1) is 0 Å². The van der Waals surface area contributed by atoms with Crippen molar-refractivity contribution in [1.82, 2.24) is 0 Å². The highest BCUT2D eigenvalue weighted by Crippen LogP contribution is 2.31. The summed E-state index contributed by atoms with van der Waals surface area (Å²) in [6.45, 7) is 2.92. The van der Waals surface area contributed by atoms with Crippen molar-refractivity contribution in [3.8, 4) is 5.75 Å². The van der Waals surface area contributed by atoms with Gasteiger partial charge in [0.2, 0.25) is 0 Å². The van der Waals surface area contributed by atoms with Gasteiger partial charge in [0.25, 0.3) is 0 Å². The Hall–Kier alpha value is -1.71. The van der Waals surface area contributed by atoms with Crippen LogP contribution >= 0.6 is 0 Å². The highest BCUT2D eigenvalue weighted by molar-refractivity contribution is 5.89. The van der Waals surface area contributed by atoms with Gasteiger partial charge in [-0.15, -0.1) is 0 Å². The minimum absolute atomic E-state index is 0.276.